The first-order valence-corrected chi connectivity index (χ1v) is 9.22. The van der Waals surface area contributed by atoms with Crippen LogP contribution in [-0.2, 0) is 14.6 Å². The molecule has 8 heteroatoms. The highest BCUT2D eigenvalue weighted by Crippen LogP contribution is 2.45. The highest BCUT2D eigenvalue weighted by molar-refractivity contribution is 8.18. The number of sulfone groups is 1. The molecule has 0 spiro atoms. The van der Waals surface area contributed by atoms with Gasteiger partial charge in [-0.15, -0.1) is 0 Å². The number of hydrogen-bond acceptors (Lipinski definition) is 6. The molecule has 1 unspecified atom stereocenters. The van der Waals surface area contributed by atoms with Gasteiger partial charge in [0.2, 0.25) is 0 Å². The van der Waals surface area contributed by atoms with Crippen LogP contribution in [0.4, 0.5) is 0 Å². The summed E-state index contributed by atoms with van der Waals surface area (Å²) >= 11 is 2.66. The molecule has 1 amide bonds. The standard InChI is InChI=1S/C10H10N2O3S3/c1-16-10-11-8(13)7-5-2-3-18(14,15)4-6(5)17-9(7)12-10/h7H,2-4H2,1H3. The molecule has 0 fully saturated rings. The molecule has 3 rings (SSSR count). The number of thioether (sulfide) groups is 2. The number of rotatable bonds is 0. The third-order valence-electron chi connectivity index (χ3n) is 3.06. The van der Waals surface area contributed by atoms with Crippen LogP contribution in [0.15, 0.2) is 20.5 Å². The Morgan fingerprint density at radius 1 is 1.39 bits per heavy atom. The zero-order valence-electron chi connectivity index (χ0n) is 9.54. The summed E-state index contributed by atoms with van der Waals surface area (Å²) in [4.78, 5) is 21.0. The number of amidine groups is 1. The molecule has 3 aliphatic rings. The van der Waals surface area contributed by atoms with E-state index in [0.717, 1.165) is 10.5 Å². The molecule has 0 aromatic heterocycles. The van der Waals surface area contributed by atoms with E-state index in [1.54, 1.807) is 0 Å². The molecular formula is C10H10N2O3S3. The first-order valence-electron chi connectivity index (χ1n) is 5.35. The molecule has 96 valence electrons. The Labute approximate surface area is 113 Å². The van der Waals surface area contributed by atoms with Gasteiger partial charge in [-0.05, 0) is 18.2 Å². The van der Waals surface area contributed by atoms with Gasteiger partial charge in [-0.1, -0.05) is 23.5 Å². The average molecular weight is 302 g/mol. The molecule has 0 saturated carbocycles. The summed E-state index contributed by atoms with van der Waals surface area (Å²) in [5, 5.41) is 1.16. The maximum atomic E-state index is 12.0. The van der Waals surface area contributed by atoms with E-state index in [4.69, 9.17) is 0 Å². The van der Waals surface area contributed by atoms with Gasteiger partial charge in [0, 0.05) is 4.91 Å². The monoisotopic (exact) mass is 302 g/mol. The van der Waals surface area contributed by atoms with Crippen LogP contribution in [0.1, 0.15) is 6.42 Å². The van der Waals surface area contributed by atoms with Crippen molar-refractivity contribution in [2.24, 2.45) is 15.9 Å². The van der Waals surface area contributed by atoms with E-state index >= 15 is 0 Å². The normalized spacial score (nSPS) is 29.6. The molecule has 18 heavy (non-hydrogen) atoms. The van der Waals surface area contributed by atoms with Gasteiger partial charge >= 0.3 is 0 Å². The largest absolute Gasteiger partial charge is 0.271 e. The number of nitrogens with zero attached hydrogens (tertiary/aromatic N) is 2. The summed E-state index contributed by atoms with van der Waals surface area (Å²) < 4.78 is 23.2. The molecule has 0 radical (unpaired) electrons. The summed E-state index contributed by atoms with van der Waals surface area (Å²) in [5.41, 5.74) is 0.919. The van der Waals surface area contributed by atoms with E-state index in [-0.39, 0.29) is 17.4 Å². The summed E-state index contributed by atoms with van der Waals surface area (Å²) in [7, 11) is -3.00. The van der Waals surface area contributed by atoms with Crippen LogP contribution in [-0.4, -0.2) is 42.3 Å². The summed E-state index contributed by atoms with van der Waals surface area (Å²) in [6.45, 7) is 0. The number of amides is 1. The maximum Gasteiger partial charge on any atom is 0.262 e. The molecular weight excluding hydrogens is 292 g/mol. The number of fused-ring (bicyclic) bond motifs is 2. The second-order valence-corrected chi connectivity index (χ2v) is 8.28. The van der Waals surface area contributed by atoms with Crippen molar-refractivity contribution in [1.82, 2.24) is 0 Å². The molecule has 0 bridgehead atoms. The molecule has 0 saturated heterocycles. The molecule has 3 aliphatic heterocycles. The van der Waals surface area contributed by atoms with E-state index in [2.05, 4.69) is 9.98 Å². The van der Waals surface area contributed by atoms with E-state index < -0.39 is 15.8 Å². The minimum absolute atomic E-state index is 0.0460. The zero-order valence-corrected chi connectivity index (χ0v) is 12.0. The van der Waals surface area contributed by atoms with Crippen molar-refractivity contribution in [2.75, 3.05) is 17.8 Å². The van der Waals surface area contributed by atoms with Crippen LogP contribution in [0.3, 0.4) is 0 Å². The number of carbonyl (C=O) groups excluding carboxylic acids is 1. The third-order valence-corrected chi connectivity index (χ3v) is 6.53. The fourth-order valence-corrected chi connectivity index (χ4v) is 5.78. The molecule has 0 aliphatic carbocycles. The fraction of sp³-hybridized carbons (Fsp3) is 0.500. The number of hydrogen-bond donors (Lipinski definition) is 0. The van der Waals surface area contributed by atoms with Crippen LogP contribution in [0.5, 0.6) is 0 Å². The summed E-state index contributed by atoms with van der Waals surface area (Å²) in [5.74, 6) is -0.440. The van der Waals surface area contributed by atoms with Crippen molar-refractivity contribution in [1.29, 1.82) is 0 Å². The zero-order chi connectivity index (χ0) is 12.9. The van der Waals surface area contributed by atoms with Crippen molar-refractivity contribution < 1.29 is 13.2 Å². The molecule has 3 heterocycles. The first kappa shape index (κ1) is 12.4. The van der Waals surface area contributed by atoms with Gasteiger partial charge in [-0.3, -0.25) is 4.79 Å². The Balaban J connectivity index is 2.00. The Morgan fingerprint density at radius 3 is 2.89 bits per heavy atom. The topological polar surface area (TPSA) is 75.9 Å². The smallest absolute Gasteiger partial charge is 0.262 e. The van der Waals surface area contributed by atoms with E-state index in [1.807, 2.05) is 6.26 Å². The second-order valence-electron chi connectivity index (χ2n) is 4.21. The lowest BCUT2D eigenvalue weighted by Gasteiger charge is -2.18. The van der Waals surface area contributed by atoms with E-state index in [1.165, 1.54) is 23.5 Å². The van der Waals surface area contributed by atoms with Gasteiger partial charge in [0.1, 0.15) is 5.92 Å². The number of aliphatic imine (C=N–C) groups is 2. The van der Waals surface area contributed by atoms with Crippen molar-refractivity contribution >= 4 is 49.5 Å². The lowest BCUT2D eigenvalue weighted by atomic mass is 9.96. The second kappa shape index (κ2) is 4.21. The van der Waals surface area contributed by atoms with Crippen molar-refractivity contribution in [3.8, 4) is 0 Å². The first-order chi connectivity index (χ1) is 8.50. The fourth-order valence-electron chi connectivity index (χ4n) is 2.22. The van der Waals surface area contributed by atoms with Crippen LogP contribution in [0, 0.1) is 5.92 Å². The van der Waals surface area contributed by atoms with Crippen molar-refractivity contribution in [3.05, 3.63) is 10.5 Å². The predicted molar refractivity (Wildman–Crippen MR) is 74.8 cm³/mol. The van der Waals surface area contributed by atoms with Gasteiger partial charge in [0.15, 0.2) is 15.0 Å². The minimum atomic E-state index is -3.00. The SMILES string of the molecule is CSC1=NC(=O)C2C(=N1)SC1=C2CCS(=O)(=O)C1. The van der Waals surface area contributed by atoms with Crippen LogP contribution >= 0.6 is 23.5 Å². The Kier molecular flexibility index (Phi) is 2.91. The third kappa shape index (κ3) is 1.96. The molecule has 0 aromatic rings. The van der Waals surface area contributed by atoms with Gasteiger partial charge in [-0.25, -0.2) is 13.4 Å². The van der Waals surface area contributed by atoms with Gasteiger partial charge in [0.05, 0.1) is 16.5 Å². The quantitative estimate of drug-likeness (QED) is 0.669. The average Bonchev–Trinajstić information content (AvgIpc) is 2.64. The molecule has 0 N–H and O–H groups in total. The van der Waals surface area contributed by atoms with E-state index in [0.29, 0.717) is 16.6 Å². The molecule has 0 aromatic carbocycles. The van der Waals surface area contributed by atoms with Crippen molar-refractivity contribution in [2.45, 2.75) is 6.42 Å². The molecule has 5 nitrogen and oxygen atoms in total. The van der Waals surface area contributed by atoms with Crippen LogP contribution < -0.4 is 0 Å². The van der Waals surface area contributed by atoms with Gasteiger partial charge < -0.3 is 0 Å². The van der Waals surface area contributed by atoms with E-state index in [9.17, 15) is 13.2 Å². The highest BCUT2D eigenvalue weighted by atomic mass is 32.2. The van der Waals surface area contributed by atoms with Crippen LogP contribution in [0.2, 0.25) is 0 Å². The molecule has 1 atom stereocenters. The van der Waals surface area contributed by atoms with Crippen molar-refractivity contribution in [3.63, 3.8) is 0 Å². The maximum absolute atomic E-state index is 12.0. The Morgan fingerprint density at radius 2 is 2.17 bits per heavy atom. The lowest BCUT2D eigenvalue weighted by Crippen LogP contribution is -2.27. The highest BCUT2D eigenvalue weighted by Gasteiger charge is 2.43. The summed E-state index contributed by atoms with van der Waals surface area (Å²) in [6.07, 6.45) is 2.25. The van der Waals surface area contributed by atoms with Crippen LogP contribution in [0.25, 0.3) is 0 Å². The number of carbonyl (C=O) groups is 1. The predicted octanol–water partition coefficient (Wildman–Crippen LogP) is 1.08. The Hall–Kier alpha value is -0.600. The van der Waals surface area contributed by atoms with Gasteiger partial charge in [0.25, 0.3) is 5.91 Å². The Bertz CT molecular complexity index is 631. The minimum Gasteiger partial charge on any atom is -0.271 e. The summed E-state index contributed by atoms with van der Waals surface area (Å²) in [6, 6.07) is 0. The lowest BCUT2D eigenvalue weighted by molar-refractivity contribution is -0.118. The van der Waals surface area contributed by atoms with Gasteiger partial charge in [-0.2, -0.15) is 4.99 Å².